The van der Waals surface area contributed by atoms with Crippen molar-refractivity contribution < 1.29 is 23.4 Å². The van der Waals surface area contributed by atoms with E-state index in [1.54, 1.807) is 0 Å². The number of hydrogen-bond donors (Lipinski definition) is 1. The van der Waals surface area contributed by atoms with Crippen molar-refractivity contribution in [2.75, 3.05) is 6.61 Å². The molecule has 0 amide bonds. The van der Waals surface area contributed by atoms with E-state index < -0.39 is 12.6 Å². The number of halogens is 2. The van der Waals surface area contributed by atoms with Crippen LogP contribution in [0.3, 0.4) is 0 Å². The van der Waals surface area contributed by atoms with E-state index in [1.807, 2.05) is 0 Å². The van der Waals surface area contributed by atoms with E-state index in [4.69, 9.17) is 5.11 Å². The van der Waals surface area contributed by atoms with Gasteiger partial charge < -0.3 is 9.84 Å². The number of carboxylic acid groups (broad SMARTS) is 1. The number of carbonyl (C=O) groups is 1. The molecule has 0 radical (unpaired) electrons. The highest BCUT2D eigenvalue weighted by atomic mass is 19.3. The van der Waals surface area contributed by atoms with Gasteiger partial charge in [-0.15, -0.1) is 0 Å². The fourth-order valence-corrected chi connectivity index (χ4v) is 1.28. The number of aliphatic carboxylic acids is 1. The molecule has 0 unspecified atom stereocenters. The standard InChI is InChI=1S/C7H10F2O3/c8-7(9)12-3-4-1-5(2-4)6(10)11/h4-5,7H,1-3H2,(H,10,11). The van der Waals surface area contributed by atoms with Crippen molar-refractivity contribution in [2.45, 2.75) is 19.5 Å². The Morgan fingerprint density at radius 2 is 2.17 bits per heavy atom. The molecule has 12 heavy (non-hydrogen) atoms. The Kier molecular flexibility index (Phi) is 2.97. The molecular weight excluding hydrogens is 170 g/mol. The van der Waals surface area contributed by atoms with Crippen molar-refractivity contribution in [3.8, 4) is 0 Å². The van der Waals surface area contributed by atoms with Crippen molar-refractivity contribution in [1.29, 1.82) is 0 Å². The Bertz CT molecular complexity index is 166. The SMILES string of the molecule is O=C(O)C1CC(COC(F)F)C1. The summed E-state index contributed by atoms with van der Waals surface area (Å²) >= 11 is 0. The van der Waals surface area contributed by atoms with Crippen LogP contribution >= 0.6 is 0 Å². The van der Waals surface area contributed by atoms with E-state index in [1.165, 1.54) is 0 Å². The molecule has 70 valence electrons. The predicted molar refractivity (Wildman–Crippen MR) is 35.8 cm³/mol. The monoisotopic (exact) mass is 180 g/mol. The fraction of sp³-hybridized carbons (Fsp3) is 0.857. The molecule has 1 saturated carbocycles. The van der Waals surface area contributed by atoms with E-state index in [2.05, 4.69) is 4.74 Å². The molecule has 5 heteroatoms. The summed E-state index contributed by atoms with van der Waals surface area (Å²) in [4.78, 5) is 10.3. The van der Waals surface area contributed by atoms with E-state index >= 15 is 0 Å². The van der Waals surface area contributed by atoms with E-state index in [-0.39, 0.29) is 18.4 Å². The van der Waals surface area contributed by atoms with Crippen molar-refractivity contribution >= 4 is 5.97 Å². The Morgan fingerprint density at radius 3 is 2.58 bits per heavy atom. The highest BCUT2D eigenvalue weighted by Crippen LogP contribution is 2.34. The lowest BCUT2D eigenvalue weighted by Gasteiger charge is -2.31. The van der Waals surface area contributed by atoms with Gasteiger partial charge in [-0.1, -0.05) is 0 Å². The van der Waals surface area contributed by atoms with Crippen LogP contribution in [0, 0.1) is 11.8 Å². The molecule has 0 atom stereocenters. The maximum atomic E-state index is 11.5. The van der Waals surface area contributed by atoms with Gasteiger partial charge in [0.25, 0.3) is 0 Å². The molecule has 1 N–H and O–H groups in total. The normalized spacial score (nSPS) is 28.6. The molecular formula is C7H10F2O3. The van der Waals surface area contributed by atoms with Crippen LogP contribution in [0.25, 0.3) is 0 Å². The number of carboxylic acids is 1. The lowest BCUT2D eigenvalue weighted by atomic mass is 9.75. The second kappa shape index (κ2) is 3.80. The molecule has 0 aliphatic heterocycles. The summed E-state index contributed by atoms with van der Waals surface area (Å²) in [5, 5.41) is 8.44. The maximum absolute atomic E-state index is 11.5. The van der Waals surface area contributed by atoms with Crippen molar-refractivity contribution in [2.24, 2.45) is 11.8 Å². The number of ether oxygens (including phenoxy) is 1. The molecule has 0 aromatic heterocycles. The third-order valence-electron chi connectivity index (χ3n) is 2.04. The molecule has 0 heterocycles. The molecule has 0 aromatic rings. The molecule has 0 aromatic carbocycles. The average molecular weight is 180 g/mol. The van der Waals surface area contributed by atoms with Gasteiger partial charge in [-0.25, -0.2) is 0 Å². The van der Waals surface area contributed by atoms with Crippen LogP contribution in [0.15, 0.2) is 0 Å². The molecule has 0 saturated heterocycles. The van der Waals surface area contributed by atoms with Gasteiger partial charge in [-0.2, -0.15) is 8.78 Å². The van der Waals surface area contributed by atoms with Crippen LogP contribution in [-0.4, -0.2) is 24.3 Å². The summed E-state index contributed by atoms with van der Waals surface area (Å²) in [6.07, 6.45) is 0.921. The minimum Gasteiger partial charge on any atom is -0.481 e. The second-order valence-corrected chi connectivity index (χ2v) is 2.97. The zero-order chi connectivity index (χ0) is 9.14. The Hall–Kier alpha value is -0.710. The number of rotatable bonds is 4. The van der Waals surface area contributed by atoms with Gasteiger partial charge in [0.05, 0.1) is 12.5 Å². The molecule has 3 nitrogen and oxygen atoms in total. The van der Waals surface area contributed by atoms with E-state index in [0.29, 0.717) is 12.8 Å². The third-order valence-corrected chi connectivity index (χ3v) is 2.04. The van der Waals surface area contributed by atoms with Crippen LogP contribution in [0.2, 0.25) is 0 Å². The third kappa shape index (κ3) is 2.41. The summed E-state index contributed by atoms with van der Waals surface area (Å²) < 4.78 is 27.0. The van der Waals surface area contributed by atoms with Gasteiger partial charge in [0.15, 0.2) is 0 Å². The summed E-state index contributed by atoms with van der Waals surface area (Å²) in [5.74, 6) is -1.19. The Balaban J connectivity index is 2.06. The molecule has 1 rings (SSSR count). The number of alkyl halides is 2. The molecule has 1 aliphatic rings. The second-order valence-electron chi connectivity index (χ2n) is 2.97. The average Bonchev–Trinajstić information content (AvgIpc) is 1.82. The van der Waals surface area contributed by atoms with Crippen LogP contribution in [0.5, 0.6) is 0 Å². The lowest BCUT2D eigenvalue weighted by Crippen LogP contribution is -2.33. The Morgan fingerprint density at radius 1 is 1.58 bits per heavy atom. The molecule has 1 aliphatic carbocycles. The predicted octanol–water partition coefficient (Wildman–Crippen LogP) is 1.34. The van der Waals surface area contributed by atoms with Crippen LogP contribution in [0.1, 0.15) is 12.8 Å². The first kappa shape index (κ1) is 9.38. The minimum absolute atomic E-state index is 0.0000926. The van der Waals surface area contributed by atoms with Crippen molar-refractivity contribution in [3.63, 3.8) is 0 Å². The first-order valence-corrected chi connectivity index (χ1v) is 3.72. The minimum atomic E-state index is -2.74. The van der Waals surface area contributed by atoms with E-state index in [0.717, 1.165) is 0 Å². The van der Waals surface area contributed by atoms with Gasteiger partial charge in [-0.3, -0.25) is 4.79 Å². The first-order valence-electron chi connectivity index (χ1n) is 3.72. The Labute approximate surface area is 68.3 Å². The van der Waals surface area contributed by atoms with Crippen LogP contribution in [0.4, 0.5) is 8.78 Å². The van der Waals surface area contributed by atoms with Gasteiger partial charge in [0.1, 0.15) is 0 Å². The zero-order valence-corrected chi connectivity index (χ0v) is 6.37. The van der Waals surface area contributed by atoms with Crippen LogP contribution < -0.4 is 0 Å². The van der Waals surface area contributed by atoms with Gasteiger partial charge >= 0.3 is 12.6 Å². The molecule has 0 bridgehead atoms. The fourth-order valence-electron chi connectivity index (χ4n) is 1.28. The largest absolute Gasteiger partial charge is 0.481 e. The summed E-state index contributed by atoms with van der Waals surface area (Å²) in [7, 11) is 0. The van der Waals surface area contributed by atoms with Crippen molar-refractivity contribution in [1.82, 2.24) is 0 Å². The quantitative estimate of drug-likeness (QED) is 0.710. The van der Waals surface area contributed by atoms with Crippen molar-refractivity contribution in [3.05, 3.63) is 0 Å². The highest BCUT2D eigenvalue weighted by molar-refractivity contribution is 5.71. The lowest BCUT2D eigenvalue weighted by molar-refractivity contribution is -0.158. The van der Waals surface area contributed by atoms with Gasteiger partial charge in [0.2, 0.25) is 0 Å². The number of hydrogen-bond acceptors (Lipinski definition) is 2. The molecule has 1 fully saturated rings. The van der Waals surface area contributed by atoms with Crippen LogP contribution in [-0.2, 0) is 9.53 Å². The first-order chi connectivity index (χ1) is 5.59. The highest BCUT2D eigenvalue weighted by Gasteiger charge is 2.34. The maximum Gasteiger partial charge on any atom is 0.345 e. The summed E-state index contributed by atoms with van der Waals surface area (Å²) in [5.41, 5.74) is 0. The summed E-state index contributed by atoms with van der Waals surface area (Å²) in [6, 6.07) is 0. The smallest absolute Gasteiger partial charge is 0.345 e. The van der Waals surface area contributed by atoms with Gasteiger partial charge in [0, 0.05) is 0 Å². The zero-order valence-electron chi connectivity index (χ0n) is 6.37. The van der Waals surface area contributed by atoms with Gasteiger partial charge in [-0.05, 0) is 18.8 Å². The topological polar surface area (TPSA) is 46.5 Å². The molecule has 0 spiro atoms. The summed E-state index contributed by atoms with van der Waals surface area (Å²) in [6.45, 7) is -2.77. The van der Waals surface area contributed by atoms with E-state index in [9.17, 15) is 13.6 Å².